The molecule has 0 spiro atoms. The Labute approximate surface area is 134 Å². The molecule has 2 rings (SSSR count). The van der Waals surface area contributed by atoms with Crippen molar-refractivity contribution in [2.24, 2.45) is 0 Å². The molecule has 0 fully saturated rings. The van der Waals surface area contributed by atoms with Crippen molar-refractivity contribution in [2.45, 2.75) is 26.8 Å². The highest BCUT2D eigenvalue weighted by molar-refractivity contribution is 7.14. The smallest absolute Gasteiger partial charge is 0.357 e. The Balaban J connectivity index is 1.90. The van der Waals surface area contributed by atoms with E-state index in [1.807, 2.05) is 6.92 Å². The summed E-state index contributed by atoms with van der Waals surface area (Å²) in [6.07, 6.45) is 0.159. The van der Waals surface area contributed by atoms with Gasteiger partial charge in [0.15, 0.2) is 10.8 Å². The predicted molar refractivity (Wildman–Crippen MR) is 84.6 cm³/mol. The van der Waals surface area contributed by atoms with Gasteiger partial charge in [0.1, 0.15) is 0 Å². The molecule has 0 saturated heterocycles. The zero-order valence-corrected chi connectivity index (χ0v) is 13.8. The molecule has 0 aliphatic heterocycles. The lowest BCUT2D eigenvalue weighted by Gasteiger charge is -2.04. The summed E-state index contributed by atoms with van der Waals surface area (Å²) in [7, 11) is 0. The van der Waals surface area contributed by atoms with Crippen molar-refractivity contribution in [3.05, 3.63) is 31.8 Å². The number of esters is 1. The Morgan fingerprint density at radius 1 is 1.36 bits per heavy atom. The third-order valence-corrected chi connectivity index (χ3v) is 4.41. The second kappa shape index (κ2) is 7.32. The van der Waals surface area contributed by atoms with E-state index in [1.54, 1.807) is 16.9 Å². The number of anilines is 1. The molecule has 1 N–H and O–H groups in total. The van der Waals surface area contributed by atoms with Crippen LogP contribution in [0.2, 0.25) is 0 Å². The Kier molecular flexibility index (Phi) is 5.45. The molecule has 118 valence electrons. The van der Waals surface area contributed by atoms with Crippen molar-refractivity contribution in [3.8, 4) is 0 Å². The molecule has 0 saturated carbocycles. The first-order valence-corrected chi connectivity index (χ1v) is 8.34. The number of nitrogens with one attached hydrogen (secondary N) is 1. The van der Waals surface area contributed by atoms with E-state index in [-0.39, 0.29) is 29.5 Å². The summed E-state index contributed by atoms with van der Waals surface area (Å²) >= 11 is 2.26. The summed E-state index contributed by atoms with van der Waals surface area (Å²) in [5, 5.41) is 6.23. The maximum absolute atomic E-state index is 11.9. The number of nitrogens with zero attached hydrogens (tertiary/aromatic N) is 2. The van der Waals surface area contributed by atoms with Crippen LogP contribution in [0.3, 0.4) is 0 Å². The fourth-order valence-corrected chi connectivity index (χ4v) is 3.16. The molecule has 0 aliphatic rings. The Morgan fingerprint density at radius 2 is 2.14 bits per heavy atom. The van der Waals surface area contributed by atoms with Crippen LogP contribution in [-0.4, -0.2) is 28.0 Å². The summed E-state index contributed by atoms with van der Waals surface area (Å²) in [6, 6.07) is 0. The highest BCUT2D eigenvalue weighted by atomic mass is 32.1. The van der Waals surface area contributed by atoms with Gasteiger partial charge in [0.05, 0.1) is 6.61 Å². The quantitative estimate of drug-likeness (QED) is 0.810. The van der Waals surface area contributed by atoms with Crippen LogP contribution in [-0.2, 0) is 16.1 Å². The molecule has 2 heterocycles. The number of amides is 1. The van der Waals surface area contributed by atoms with E-state index in [1.165, 1.54) is 5.38 Å². The lowest BCUT2D eigenvalue weighted by Crippen LogP contribution is -2.20. The molecule has 0 aliphatic carbocycles. The number of hydrogen-bond acceptors (Lipinski definition) is 7. The van der Waals surface area contributed by atoms with Crippen molar-refractivity contribution in [2.75, 3.05) is 11.9 Å². The van der Waals surface area contributed by atoms with E-state index >= 15 is 0 Å². The zero-order chi connectivity index (χ0) is 16.1. The van der Waals surface area contributed by atoms with Crippen LogP contribution < -0.4 is 10.2 Å². The number of carbonyl (C=O) groups is 2. The molecule has 22 heavy (non-hydrogen) atoms. The van der Waals surface area contributed by atoms with Crippen LogP contribution in [0.1, 0.15) is 29.5 Å². The number of aromatic nitrogens is 2. The summed E-state index contributed by atoms with van der Waals surface area (Å²) < 4.78 is 6.38. The van der Waals surface area contributed by atoms with E-state index in [0.29, 0.717) is 11.7 Å². The lowest BCUT2D eigenvalue weighted by molar-refractivity contribution is -0.116. The molecule has 0 bridgehead atoms. The van der Waals surface area contributed by atoms with E-state index in [2.05, 4.69) is 10.3 Å². The lowest BCUT2D eigenvalue weighted by atomic mass is 10.4. The van der Waals surface area contributed by atoms with Gasteiger partial charge in [-0.15, -0.1) is 11.3 Å². The molecule has 1 amide bonds. The summed E-state index contributed by atoms with van der Waals surface area (Å²) in [5.74, 6) is -0.776. The number of hydrogen-bond donors (Lipinski definition) is 1. The van der Waals surface area contributed by atoms with Gasteiger partial charge in [-0.05, 0) is 13.8 Å². The van der Waals surface area contributed by atoms with Gasteiger partial charge in [-0.3, -0.25) is 9.59 Å². The van der Waals surface area contributed by atoms with Gasteiger partial charge >= 0.3 is 10.8 Å². The first-order chi connectivity index (χ1) is 10.5. The van der Waals surface area contributed by atoms with Gasteiger partial charge < -0.3 is 14.6 Å². The molecule has 2 aromatic heterocycles. The minimum absolute atomic E-state index is 0.0795. The average molecular weight is 341 g/mol. The monoisotopic (exact) mass is 341 g/mol. The number of thiazole rings is 2. The van der Waals surface area contributed by atoms with Crippen LogP contribution in [0.15, 0.2) is 15.6 Å². The fourth-order valence-electron chi connectivity index (χ4n) is 1.70. The van der Waals surface area contributed by atoms with Crippen LogP contribution >= 0.6 is 22.7 Å². The van der Waals surface area contributed by atoms with Gasteiger partial charge in [0, 0.05) is 29.4 Å². The number of ether oxygens (including phenoxy) is 1. The number of rotatable bonds is 6. The fraction of sp³-hybridized carbons (Fsp3) is 0.385. The van der Waals surface area contributed by atoms with Gasteiger partial charge in [-0.1, -0.05) is 11.3 Å². The Morgan fingerprint density at radius 3 is 2.77 bits per heavy atom. The SMILES string of the molecule is CCOC(=O)c1csc(NC(=O)CCn2c(C)csc2=O)n1. The maximum atomic E-state index is 11.9. The minimum Gasteiger partial charge on any atom is -0.461 e. The standard InChI is InChI=1S/C13H15N3O4S2/c1-3-20-11(18)9-7-21-12(14-9)15-10(17)4-5-16-8(2)6-22-13(16)19/h6-7H,3-5H2,1-2H3,(H,14,15,17). The molecule has 9 heteroatoms. The summed E-state index contributed by atoms with van der Waals surface area (Å²) in [4.78, 5) is 38.8. The summed E-state index contributed by atoms with van der Waals surface area (Å²) in [6.45, 7) is 4.12. The van der Waals surface area contributed by atoms with E-state index in [9.17, 15) is 14.4 Å². The van der Waals surface area contributed by atoms with Gasteiger partial charge in [0.25, 0.3) is 0 Å². The van der Waals surface area contributed by atoms with E-state index in [4.69, 9.17) is 4.74 Å². The second-order valence-electron chi connectivity index (χ2n) is 4.35. The van der Waals surface area contributed by atoms with Gasteiger partial charge in [-0.2, -0.15) is 0 Å². The number of aryl methyl sites for hydroxylation is 1. The topological polar surface area (TPSA) is 90.3 Å². The maximum Gasteiger partial charge on any atom is 0.357 e. The van der Waals surface area contributed by atoms with Crippen molar-refractivity contribution < 1.29 is 14.3 Å². The van der Waals surface area contributed by atoms with Crippen LogP contribution in [0, 0.1) is 6.92 Å². The van der Waals surface area contributed by atoms with E-state index < -0.39 is 5.97 Å². The summed E-state index contributed by atoms with van der Waals surface area (Å²) in [5.41, 5.74) is 1.01. The highest BCUT2D eigenvalue weighted by Crippen LogP contribution is 2.16. The van der Waals surface area contributed by atoms with Crippen molar-refractivity contribution in [3.63, 3.8) is 0 Å². The van der Waals surface area contributed by atoms with Crippen LogP contribution in [0.5, 0.6) is 0 Å². The highest BCUT2D eigenvalue weighted by Gasteiger charge is 2.13. The average Bonchev–Trinajstić information content (AvgIpc) is 3.05. The van der Waals surface area contributed by atoms with Crippen molar-refractivity contribution in [1.82, 2.24) is 9.55 Å². The van der Waals surface area contributed by atoms with E-state index in [0.717, 1.165) is 28.4 Å². The molecule has 0 atom stereocenters. The Hall–Kier alpha value is -2.00. The molecule has 0 radical (unpaired) electrons. The third kappa shape index (κ3) is 4.01. The number of carbonyl (C=O) groups excluding carboxylic acids is 2. The van der Waals surface area contributed by atoms with Crippen molar-refractivity contribution >= 4 is 39.7 Å². The second-order valence-corrected chi connectivity index (χ2v) is 6.03. The normalized spacial score (nSPS) is 10.5. The molecule has 2 aromatic rings. The first kappa shape index (κ1) is 16.4. The molecule has 7 nitrogen and oxygen atoms in total. The molecular weight excluding hydrogens is 326 g/mol. The van der Waals surface area contributed by atoms with Crippen LogP contribution in [0.4, 0.5) is 5.13 Å². The molecular formula is C13H15N3O4S2. The molecule has 0 unspecified atom stereocenters. The Bertz CT molecular complexity index is 732. The largest absolute Gasteiger partial charge is 0.461 e. The predicted octanol–water partition coefficient (Wildman–Crippen LogP) is 1.88. The first-order valence-electron chi connectivity index (χ1n) is 6.58. The zero-order valence-electron chi connectivity index (χ0n) is 12.1. The molecule has 0 aromatic carbocycles. The van der Waals surface area contributed by atoms with Crippen LogP contribution in [0.25, 0.3) is 0 Å². The van der Waals surface area contributed by atoms with Gasteiger partial charge in [-0.25, -0.2) is 9.78 Å². The van der Waals surface area contributed by atoms with Gasteiger partial charge in [0.2, 0.25) is 5.91 Å². The minimum atomic E-state index is -0.514. The third-order valence-electron chi connectivity index (χ3n) is 2.77. The van der Waals surface area contributed by atoms with Crippen molar-refractivity contribution in [1.29, 1.82) is 0 Å².